The summed E-state index contributed by atoms with van der Waals surface area (Å²) in [5.74, 6) is 0. The van der Waals surface area contributed by atoms with Crippen LogP contribution in [0.15, 0.2) is 6.20 Å². The second-order valence-corrected chi connectivity index (χ2v) is 5.78. The van der Waals surface area contributed by atoms with Crippen molar-refractivity contribution in [3.05, 3.63) is 33.1 Å². The predicted octanol–water partition coefficient (Wildman–Crippen LogP) is 2.74. The maximum absolute atomic E-state index is 11.0. The summed E-state index contributed by atoms with van der Waals surface area (Å²) in [6.45, 7) is 11.3. The van der Waals surface area contributed by atoms with Crippen molar-refractivity contribution in [3.63, 3.8) is 0 Å². The molecule has 0 aliphatic carbocycles. The van der Waals surface area contributed by atoms with Gasteiger partial charge < -0.3 is 5.32 Å². The molecule has 100 valence electrons. The fourth-order valence-corrected chi connectivity index (χ4v) is 1.78. The van der Waals surface area contributed by atoms with Crippen molar-refractivity contribution in [3.8, 4) is 0 Å². The van der Waals surface area contributed by atoms with Gasteiger partial charge in [-0.3, -0.25) is 15.1 Å². The second-order valence-electron chi connectivity index (χ2n) is 5.78. The number of rotatable bonds is 4. The van der Waals surface area contributed by atoms with Crippen molar-refractivity contribution in [2.75, 3.05) is 6.54 Å². The van der Waals surface area contributed by atoms with E-state index in [1.807, 2.05) is 0 Å². The van der Waals surface area contributed by atoms with Crippen LogP contribution in [-0.2, 0) is 6.54 Å². The average molecular weight is 251 g/mol. The van der Waals surface area contributed by atoms with Gasteiger partial charge in [0.05, 0.1) is 10.6 Å². The minimum atomic E-state index is -0.334. The van der Waals surface area contributed by atoms with E-state index >= 15 is 0 Å². The highest BCUT2D eigenvalue weighted by Crippen LogP contribution is 2.24. The number of pyridine rings is 1. The van der Waals surface area contributed by atoms with Crippen LogP contribution in [0.1, 0.15) is 37.6 Å². The van der Waals surface area contributed by atoms with Gasteiger partial charge >= 0.3 is 0 Å². The summed E-state index contributed by atoms with van der Waals surface area (Å²) in [7, 11) is 0. The molecule has 1 rings (SSSR count). The topological polar surface area (TPSA) is 68.1 Å². The molecule has 0 spiro atoms. The molecular weight excluding hydrogens is 230 g/mol. The van der Waals surface area contributed by atoms with Crippen LogP contribution in [0.25, 0.3) is 0 Å². The van der Waals surface area contributed by atoms with E-state index in [0.29, 0.717) is 17.7 Å². The van der Waals surface area contributed by atoms with Gasteiger partial charge in [-0.2, -0.15) is 0 Å². The van der Waals surface area contributed by atoms with E-state index < -0.39 is 0 Å². The van der Waals surface area contributed by atoms with Gasteiger partial charge in [-0.1, -0.05) is 20.8 Å². The maximum atomic E-state index is 11.0. The van der Waals surface area contributed by atoms with E-state index in [-0.39, 0.29) is 16.0 Å². The summed E-state index contributed by atoms with van der Waals surface area (Å²) in [6, 6.07) is 0. The highest BCUT2D eigenvalue weighted by molar-refractivity contribution is 5.47. The third-order valence-corrected chi connectivity index (χ3v) is 2.71. The Morgan fingerprint density at radius 1 is 1.39 bits per heavy atom. The first-order chi connectivity index (χ1) is 8.22. The molecule has 0 aliphatic rings. The average Bonchev–Trinajstić information content (AvgIpc) is 2.19. The number of nitrogens with one attached hydrogen (secondary N) is 1. The molecule has 1 heterocycles. The first kappa shape index (κ1) is 14.6. The van der Waals surface area contributed by atoms with Gasteiger partial charge in [0.2, 0.25) is 0 Å². The molecule has 1 N–H and O–H groups in total. The maximum Gasteiger partial charge on any atom is 0.278 e. The highest BCUT2D eigenvalue weighted by atomic mass is 16.6. The van der Waals surface area contributed by atoms with E-state index in [1.165, 1.54) is 0 Å². The van der Waals surface area contributed by atoms with Gasteiger partial charge in [-0.15, -0.1) is 0 Å². The fourth-order valence-electron chi connectivity index (χ4n) is 1.78. The molecule has 5 heteroatoms. The zero-order valence-corrected chi connectivity index (χ0v) is 11.7. The first-order valence-corrected chi connectivity index (χ1v) is 6.02. The van der Waals surface area contributed by atoms with Crippen LogP contribution in [0.5, 0.6) is 0 Å². The van der Waals surface area contributed by atoms with Gasteiger partial charge in [0.25, 0.3) is 5.69 Å². The number of aryl methyl sites for hydroxylation is 1. The number of hydrogen-bond acceptors (Lipinski definition) is 4. The van der Waals surface area contributed by atoms with Gasteiger partial charge in [-0.25, -0.2) is 0 Å². The molecule has 0 atom stereocenters. The van der Waals surface area contributed by atoms with E-state index in [9.17, 15) is 10.1 Å². The predicted molar refractivity (Wildman–Crippen MR) is 71.5 cm³/mol. The van der Waals surface area contributed by atoms with Crippen molar-refractivity contribution in [2.45, 2.75) is 41.2 Å². The number of nitrogens with zero attached hydrogens (tertiary/aromatic N) is 2. The minimum absolute atomic E-state index is 0.178. The molecule has 0 bridgehead atoms. The lowest BCUT2D eigenvalue weighted by Crippen LogP contribution is -2.27. The number of aromatic nitrogens is 1. The Balaban J connectivity index is 2.85. The van der Waals surface area contributed by atoms with Gasteiger partial charge in [0.1, 0.15) is 0 Å². The monoisotopic (exact) mass is 251 g/mol. The Hall–Kier alpha value is -1.49. The van der Waals surface area contributed by atoms with Crippen LogP contribution in [-0.4, -0.2) is 16.5 Å². The highest BCUT2D eigenvalue weighted by Gasteiger charge is 2.18. The third-order valence-electron chi connectivity index (χ3n) is 2.71. The van der Waals surface area contributed by atoms with E-state index in [1.54, 1.807) is 20.0 Å². The van der Waals surface area contributed by atoms with Gasteiger partial charge in [-0.05, 0) is 19.3 Å². The third kappa shape index (κ3) is 3.77. The van der Waals surface area contributed by atoms with Crippen LogP contribution in [0.4, 0.5) is 5.69 Å². The summed E-state index contributed by atoms with van der Waals surface area (Å²) in [5.41, 5.74) is 2.37. The summed E-state index contributed by atoms with van der Waals surface area (Å²) >= 11 is 0. The zero-order valence-electron chi connectivity index (χ0n) is 11.7. The van der Waals surface area contributed by atoms with Gasteiger partial charge in [0, 0.05) is 30.4 Å². The van der Waals surface area contributed by atoms with Crippen molar-refractivity contribution < 1.29 is 4.92 Å². The molecule has 0 amide bonds. The molecule has 18 heavy (non-hydrogen) atoms. The molecule has 0 radical (unpaired) electrons. The van der Waals surface area contributed by atoms with Crippen LogP contribution in [0.2, 0.25) is 0 Å². The number of hydrogen-bond donors (Lipinski definition) is 1. The second kappa shape index (κ2) is 5.44. The summed E-state index contributed by atoms with van der Waals surface area (Å²) in [4.78, 5) is 14.9. The molecule has 5 nitrogen and oxygen atoms in total. The Morgan fingerprint density at radius 2 is 2.00 bits per heavy atom. The van der Waals surface area contributed by atoms with Gasteiger partial charge in [0.15, 0.2) is 0 Å². The molecular formula is C13H21N3O2. The lowest BCUT2D eigenvalue weighted by molar-refractivity contribution is -0.386. The smallest absolute Gasteiger partial charge is 0.278 e. The summed E-state index contributed by atoms with van der Waals surface area (Å²) < 4.78 is 0. The van der Waals surface area contributed by atoms with Crippen LogP contribution in [0, 0.1) is 29.4 Å². The molecule has 1 aromatic rings. The Bertz CT molecular complexity index is 450. The normalized spacial score (nSPS) is 11.6. The molecule has 0 fully saturated rings. The zero-order chi connectivity index (χ0) is 13.9. The summed E-state index contributed by atoms with van der Waals surface area (Å²) in [6.07, 6.45) is 1.57. The molecule has 0 aromatic carbocycles. The standard InChI is InChI=1S/C13H21N3O2/c1-9-6-15-11(7-14-8-13(3,4)5)10(2)12(9)16(17)18/h6,14H,7-8H2,1-5H3. The SMILES string of the molecule is Cc1cnc(CNCC(C)(C)C)c(C)c1[N+](=O)[O-]. The van der Waals surface area contributed by atoms with Crippen molar-refractivity contribution in [2.24, 2.45) is 5.41 Å². The van der Waals surface area contributed by atoms with E-state index in [0.717, 1.165) is 12.2 Å². The van der Waals surface area contributed by atoms with Crippen molar-refractivity contribution in [1.29, 1.82) is 0 Å². The van der Waals surface area contributed by atoms with Crippen LogP contribution < -0.4 is 5.32 Å². The lowest BCUT2D eigenvalue weighted by atomic mass is 9.97. The van der Waals surface area contributed by atoms with Crippen molar-refractivity contribution in [1.82, 2.24) is 10.3 Å². The summed E-state index contributed by atoms with van der Waals surface area (Å²) in [5, 5.41) is 14.3. The van der Waals surface area contributed by atoms with Crippen molar-refractivity contribution >= 4 is 5.69 Å². The largest absolute Gasteiger partial charge is 0.311 e. The quantitative estimate of drug-likeness (QED) is 0.660. The minimum Gasteiger partial charge on any atom is -0.311 e. The molecule has 0 aliphatic heterocycles. The Kier molecular flexibility index (Phi) is 4.40. The lowest BCUT2D eigenvalue weighted by Gasteiger charge is -2.19. The fraction of sp³-hybridized carbons (Fsp3) is 0.615. The Labute approximate surface area is 108 Å². The van der Waals surface area contributed by atoms with E-state index in [4.69, 9.17) is 0 Å². The van der Waals surface area contributed by atoms with Crippen LogP contribution >= 0.6 is 0 Å². The molecule has 1 aromatic heterocycles. The number of nitro groups is 1. The van der Waals surface area contributed by atoms with Crippen LogP contribution in [0.3, 0.4) is 0 Å². The van der Waals surface area contributed by atoms with E-state index in [2.05, 4.69) is 31.1 Å². The Morgan fingerprint density at radius 3 is 2.50 bits per heavy atom. The molecule has 0 saturated carbocycles. The molecule has 0 saturated heterocycles. The molecule has 0 unspecified atom stereocenters. The first-order valence-electron chi connectivity index (χ1n) is 6.02.